The van der Waals surface area contributed by atoms with Gasteiger partial charge in [0.05, 0.1) is 6.04 Å². The Labute approximate surface area is 71.4 Å². The molecule has 0 bridgehead atoms. The van der Waals surface area contributed by atoms with Crippen molar-refractivity contribution in [2.45, 2.75) is 13.0 Å². The Bertz CT molecular complexity index is 216. The van der Waals surface area contributed by atoms with Crippen LogP contribution in [0.2, 0.25) is 0 Å². The third-order valence-electron chi connectivity index (χ3n) is 1.80. The van der Waals surface area contributed by atoms with E-state index in [-0.39, 0.29) is 0 Å². The number of aryl methyl sites for hydroxylation is 1. The highest BCUT2D eigenvalue weighted by Gasteiger charge is 2.09. The van der Waals surface area contributed by atoms with Crippen LogP contribution in [0.4, 0.5) is 0 Å². The van der Waals surface area contributed by atoms with E-state index in [2.05, 4.69) is 23.7 Å². The summed E-state index contributed by atoms with van der Waals surface area (Å²) in [6.45, 7) is 2.78. The van der Waals surface area contributed by atoms with E-state index in [1.807, 2.05) is 7.05 Å². The van der Waals surface area contributed by atoms with Crippen molar-refractivity contribution in [1.82, 2.24) is 5.32 Å². The largest absolute Gasteiger partial charge is 0.329 e. The summed E-state index contributed by atoms with van der Waals surface area (Å²) in [7, 11) is 1.94. The topological polar surface area (TPSA) is 38.0 Å². The fraction of sp³-hybridized carbons (Fsp3) is 0.500. The number of thiophene rings is 1. The first-order valence-corrected chi connectivity index (χ1v) is 4.59. The lowest BCUT2D eigenvalue weighted by Gasteiger charge is -2.12. The van der Waals surface area contributed by atoms with Crippen LogP contribution in [0.15, 0.2) is 11.4 Å². The third-order valence-corrected chi connectivity index (χ3v) is 2.93. The zero-order valence-electron chi connectivity index (χ0n) is 6.92. The Morgan fingerprint density at radius 3 is 2.82 bits per heavy atom. The van der Waals surface area contributed by atoms with Gasteiger partial charge in [-0.05, 0) is 31.0 Å². The van der Waals surface area contributed by atoms with E-state index in [9.17, 15) is 0 Å². The van der Waals surface area contributed by atoms with E-state index in [1.54, 1.807) is 11.3 Å². The molecule has 1 rings (SSSR count). The molecule has 62 valence electrons. The maximum Gasteiger partial charge on any atom is 0.0539 e. The molecule has 1 aromatic heterocycles. The highest BCUT2D eigenvalue weighted by molar-refractivity contribution is 7.10. The fourth-order valence-corrected chi connectivity index (χ4v) is 2.15. The molecule has 1 unspecified atom stereocenters. The van der Waals surface area contributed by atoms with Crippen LogP contribution in [0.1, 0.15) is 16.5 Å². The van der Waals surface area contributed by atoms with Gasteiger partial charge in [-0.2, -0.15) is 0 Å². The molecule has 0 radical (unpaired) electrons. The van der Waals surface area contributed by atoms with Crippen LogP contribution in [0.25, 0.3) is 0 Å². The van der Waals surface area contributed by atoms with Gasteiger partial charge < -0.3 is 11.1 Å². The predicted molar refractivity (Wildman–Crippen MR) is 49.9 cm³/mol. The Hall–Kier alpha value is -0.380. The normalized spacial score (nSPS) is 13.4. The number of rotatable bonds is 3. The van der Waals surface area contributed by atoms with Crippen molar-refractivity contribution in [3.8, 4) is 0 Å². The van der Waals surface area contributed by atoms with Crippen LogP contribution >= 0.6 is 11.3 Å². The van der Waals surface area contributed by atoms with Gasteiger partial charge in [0.2, 0.25) is 0 Å². The standard InChI is InChI=1S/C8H14N2S/c1-6-3-4-11-8(6)7(5-9)10-2/h3-4,7,10H,5,9H2,1-2H3. The molecule has 1 heterocycles. The van der Waals surface area contributed by atoms with Crippen LogP contribution in [-0.2, 0) is 0 Å². The number of hydrogen-bond acceptors (Lipinski definition) is 3. The van der Waals surface area contributed by atoms with E-state index in [0.717, 1.165) is 0 Å². The van der Waals surface area contributed by atoms with Crippen LogP contribution in [0.3, 0.4) is 0 Å². The van der Waals surface area contributed by atoms with Gasteiger partial charge in [0.25, 0.3) is 0 Å². The van der Waals surface area contributed by atoms with Gasteiger partial charge in [0, 0.05) is 11.4 Å². The highest BCUT2D eigenvalue weighted by atomic mass is 32.1. The van der Waals surface area contributed by atoms with Crippen molar-refractivity contribution in [2.75, 3.05) is 13.6 Å². The number of likely N-dealkylation sites (N-methyl/N-ethyl adjacent to an activating group) is 1. The molecule has 0 aromatic carbocycles. The van der Waals surface area contributed by atoms with Crippen LogP contribution < -0.4 is 11.1 Å². The third kappa shape index (κ3) is 1.80. The van der Waals surface area contributed by atoms with Crippen molar-refractivity contribution < 1.29 is 0 Å². The molecule has 0 aliphatic rings. The van der Waals surface area contributed by atoms with Gasteiger partial charge in [-0.15, -0.1) is 11.3 Å². The summed E-state index contributed by atoms with van der Waals surface area (Å²) in [5.74, 6) is 0. The van der Waals surface area contributed by atoms with Crippen molar-refractivity contribution in [2.24, 2.45) is 5.73 Å². The van der Waals surface area contributed by atoms with Crippen molar-refractivity contribution in [3.05, 3.63) is 21.9 Å². The molecule has 0 fully saturated rings. The van der Waals surface area contributed by atoms with E-state index in [4.69, 9.17) is 5.73 Å². The lowest BCUT2D eigenvalue weighted by molar-refractivity contribution is 0.613. The average molecular weight is 170 g/mol. The van der Waals surface area contributed by atoms with Gasteiger partial charge in [-0.3, -0.25) is 0 Å². The van der Waals surface area contributed by atoms with Crippen molar-refractivity contribution in [3.63, 3.8) is 0 Å². The summed E-state index contributed by atoms with van der Waals surface area (Å²) in [5.41, 5.74) is 6.92. The maximum atomic E-state index is 5.59. The molecule has 0 amide bonds. The molecule has 11 heavy (non-hydrogen) atoms. The molecule has 0 saturated carbocycles. The summed E-state index contributed by atoms with van der Waals surface area (Å²) in [4.78, 5) is 1.36. The SMILES string of the molecule is CNC(CN)c1sccc1C. The lowest BCUT2D eigenvalue weighted by atomic mass is 10.2. The highest BCUT2D eigenvalue weighted by Crippen LogP contribution is 2.22. The van der Waals surface area contributed by atoms with Gasteiger partial charge >= 0.3 is 0 Å². The molecule has 0 saturated heterocycles. The quantitative estimate of drug-likeness (QED) is 0.717. The summed E-state index contributed by atoms with van der Waals surface area (Å²) >= 11 is 1.76. The summed E-state index contributed by atoms with van der Waals surface area (Å²) in [6, 6.07) is 2.45. The zero-order chi connectivity index (χ0) is 8.27. The second kappa shape index (κ2) is 3.85. The Balaban J connectivity index is 2.81. The summed E-state index contributed by atoms with van der Waals surface area (Å²) < 4.78 is 0. The summed E-state index contributed by atoms with van der Waals surface area (Å²) in [6.07, 6.45) is 0. The van der Waals surface area contributed by atoms with Gasteiger partial charge in [-0.25, -0.2) is 0 Å². The molecule has 1 atom stereocenters. The molecule has 0 spiro atoms. The predicted octanol–water partition coefficient (Wildman–Crippen LogP) is 1.28. The number of hydrogen-bond donors (Lipinski definition) is 2. The van der Waals surface area contributed by atoms with Crippen molar-refractivity contribution >= 4 is 11.3 Å². The minimum atomic E-state index is 0.329. The average Bonchev–Trinajstić information content (AvgIpc) is 2.40. The lowest BCUT2D eigenvalue weighted by Crippen LogP contribution is -2.24. The van der Waals surface area contributed by atoms with Gasteiger partial charge in [0.15, 0.2) is 0 Å². The maximum absolute atomic E-state index is 5.59. The first-order chi connectivity index (χ1) is 5.29. The van der Waals surface area contributed by atoms with E-state index < -0.39 is 0 Å². The van der Waals surface area contributed by atoms with E-state index >= 15 is 0 Å². The smallest absolute Gasteiger partial charge is 0.0539 e. The Morgan fingerprint density at radius 1 is 1.73 bits per heavy atom. The second-order valence-electron chi connectivity index (χ2n) is 2.54. The molecular weight excluding hydrogens is 156 g/mol. The molecule has 3 heteroatoms. The zero-order valence-corrected chi connectivity index (χ0v) is 7.74. The van der Waals surface area contributed by atoms with Crippen molar-refractivity contribution in [1.29, 1.82) is 0 Å². The Kier molecular flexibility index (Phi) is 3.05. The number of nitrogens with two attached hydrogens (primary N) is 1. The van der Waals surface area contributed by atoms with E-state index in [0.29, 0.717) is 12.6 Å². The van der Waals surface area contributed by atoms with Crippen LogP contribution in [0.5, 0.6) is 0 Å². The first kappa shape index (κ1) is 8.71. The molecule has 2 nitrogen and oxygen atoms in total. The summed E-state index contributed by atoms with van der Waals surface area (Å²) in [5, 5.41) is 5.28. The van der Waals surface area contributed by atoms with Crippen LogP contribution in [-0.4, -0.2) is 13.6 Å². The van der Waals surface area contributed by atoms with Gasteiger partial charge in [-0.1, -0.05) is 0 Å². The van der Waals surface area contributed by atoms with Gasteiger partial charge in [0.1, 0.15) is 0 Å². The monoisotopic (exact) mass is 170 g/mol. The Morgan fingerprint density at radius 2 is 2.45 bits per heavy atom. The van der Waals surface area contributed by atoms with Crippen LogP contribution in [0, 0.1) is 6.92 Å². The first-order valence-electron chi connectivity index (χ1n) is 3.71. The molecule has 1 aromatic rings. The molecule has 3 N–H and O–H groups in total. The molecule has 0 aliphatic heterocycles. The minimum absolute atomic E-state index is 0.329. The molecule has 0 aliphatic carbocycles. The van der Waals surface area contributed by atoms with E-state index in [1.165, 1.54) is 10.4 Å². The fourth-order valence-electron chi connectivity index (χ4n) is 1.10. The minimum Gasteiger partial charge on any atom is -0.329 e. The molecular formula is C8H14N2S. The second-order valence-corrected chi connectivity index (χ2v) is 3.49. The number of nitrogens with one attached hydrogen (secondary N) is 1.